The van der Waals surface area contributed by atoms with Gasteiger partial charge in [-0.2, -0.15) is 0 Å². The third kappa shape index (κ3) is 3.73. The summed E-state index contributed by atoms with van der Waals surface area (Å²) in [5.41, 5.74) is 4.89. The van der Waals surface area contributed by atoms with Crippen LogP contribution in [-0.4, -0.2) is 22.4 Å². The van der Waals surface area contributed by atoms with Gasteiger partial charge in [0.05, 0.1) is 32.0 Å². The van der Waals surface area contributed by atoms with E-state index in [0.29, 0.717) is 18.7 Å². The number of rotatable bonds is 6. The molecule has 3 aromatic rings. The first-order chi connectivity index (χ1) is 14.5. The number of fused-ring (bicyclic) bond motifs is 2. The Hall–Kier alpha value is -2.70. The predicted octanol–water partition coefficient (Wildman–Crippen LogP) is 4.95. The minimum atomic E-state index is -1.19. The first kappa shape index (κ1) is 20.6. The van der Waals surface area contributed by atoms with Crippen molar-refractivity contribution in [1.29, 1.82) is 0 Å². The standard InChI is InChI=1S/C24H25FN2O2S/c1-16-11-12-22-23(17(16)2)27(20-9-3-4-10-21(20)30(22)29)14-6-13-26-15-18-7-5-8-19(25)24(18)28/h3-5,7-12,26,28H,6,13-15H2,1-2H3. The second-order valence-corrected chi connectivity index (χ2v) is 8.94. The van der Waals surface area contributed by atoms with Crippen LogP contribution in [0.2, 0.25) is 0 Å². The van der Waals surface area contributed by atoms with Gasteiger partial charge in [-0.1, -0.05) is 30.3 Å². The summed E-state index contributed by atoms with van der Waals surface area (Å²) in [5, 5.41) is 13.1. The van der Waals surface area contributed by atoms with Gasteiger partial charge in [0.25, 0.3) is 0 Å². The van der Waals surface area contributed by atoms with Crippen LogP contribution in [-0.2, 0) is 17.3 Å². The maximum Gasteiger partial charge on any atom is 0.165 e. The SMILES string of the molecule is Cc1ccc2c(c1C)N(CCCNCc1cccc(F)c1O)c1ccccc1S2=O. The van der Waals surface area contributed by atoms with E-state index >= 15 is 0 Å². The van der Waals surface area contributed by atoms with Crippen molar-refractivity contribution in [3.63, 3.8) is 0 Å². The number of aryl methyl sites for hydroxylation is 1. The van der Waals surface area contributed by atoms with Gasteiger partial charge in [-0.25, -0.2) is 8.60 Å². The van der Waals surface area contributed by atoms with E-state index in [1.807, 2.05) is 36.4 Å². The lowest BCUT2D eigenvalue weighted by atomic mass is 10.1. The molecule has 156 valence electrons. The smallest absolute Gasteiger partial charge is 0.165 e. The van der Waals surface area contributed by atoms with Gasteiger partial charge in [0.1, 0.15) is 0 Å². The van der Waals surface area contributed by atoms with Gasteiger partial charge in [-0.15, -0.1) is 0 Å². The first-order valence-electron chi connectivity index (χ1n) is 10.0. The van der Waals surface area contributed by atoms with Crippen LogP contribution in [0.25, 0.3) is 0 Å². The zero-order valence-corrected chi connectivity index (χ0v) is 17.9. The molecule has 1 atom stereocenters. The van der Waals surface area contributed by atoms with Crippen LogP contribution in [0.5, 0.6) is 5.75 Å². The monoisotopic (exact) mass is 424 g/mol. The molecular formula is C24H25FN2O2S. The summed E-state index contributed by atoms with van der Waals surface area (Å²) in [4.78, 5) is 3.95. The van der Waals surface area contributed by atoms with Crippen molar-refractivity contribution in [3.05, 3.63) is 77.1 Å². The molecule has 1 aliphatic rings. The number of nitrogens with one attached hydrogen (secondary N) is 1. The summed E-state index contributed by atoms with van der Waals surface area (Å²) in [5.74, 6) is -0.896. The van der Waals surface area contributed by atoms with Gasteiger partial charge in [0, 0.05) is 18.7 Å². The number of para-hydroxylation sites is 2. The summed E-state index contributed by atoms with van der Waals surface area (Å²) in [6.45, 7) is 6.02. The molecule has 0 radical (unpaired) electrons. The second-order valence-electron chi connectivity index (χ2n) is 7.52. The highest BCUT2D eigenvalue weighted by molar-refractivity contribution is 7.85. The van der Waals surface area contributed by atoms with Gasteiger partial charge >= 0.3 is 0 Å². The molecule has 0 aromatic heterocycles. The quantitative estimate of drug-likeness (QED) is 0.550. The molecule has 1 unspecified atom stereocenters. The highest BCUT2D eigenvalue weighted by Crippen LogP contribution is 2.44. The second kappa shape index (κ2) is 8.58. The summed E-state index contributed by atoms with van der Waals surface area (Å²) in [6, 6.07) is 16.4. The molecule has 3 aromatic carbocycles. The Balaban J connectivity index is 1.50. The third-order valence-electron chi connectivity index (χ3n) is 5.61. The highest BCUT2D eigenvalue weighted by atomic mass is 32.2. The maximum atomic E-state index is 13.5. The number of hydrogen-bond acceptors (Lipinski definition) is 4. The van der Waals surface area contributed by atoms with Crippen molar-refractivity contribution in [3.8, 4) is 5.75 Å². The topological polar surface area (TPSA) is 52.6 Å². The fraction of sp³-hybridized carbons (Fsp3) is 0.250. The van der Waals surface area contributed by atoms with E-state index in [9.17, 15) is 13.7 Å². The molecule has 30 heavy (non-hydrogen) atoms. The molecule has 6 heteroatoms. The van der Waals surface area contributed by atoms with Crippen molar-refractivity contribution < 1.29 is 13.7 Å². The third-order valence-corrected chi connectivity index (χ3v) is 7.08. The van der Waals surface area contributed by atoms with Crippen molar-refractivity contribution in [1.82, 2.24) is 5.32 Å². The number of hydrogen-bond donors (Lipinski definition) is 2. The van der Waals surface area contributed by atoms with Crippen LogP contribution >= 0.6 is 0 Å². The lowest BCUT2D eigenvalue weighted by Gasteiger charge is -2.34. The molecule has 0 saturated carbocycles. The number of anilines is 2. The van der Waals surface area contributed by atoms with Crippen molar-refractivity contribution in [2.45, 2.75) is 36.6 Å². The van der Waals surface area contributed by atoms with E-state index in [4.69, 9.17) is 0 Å². The molecule has 1 aliphatic heterocycles. The van der Waals surface area contributed by atoms with Crippen LogP contribution in [0, 0.1) is 19.7 Å². The number of nitrogens with zero attached hydrogens (tertiary/aromatic N) is 1. The summed E-state index contributed by atoms with van der Waals surface area (Å²) < 4.78 is 26.6. The lowest BCUT2D eigenvalue weighted by Crippen LogP contribution is -2.28. The molecule has 0 amide bonds. The Morgan fingerprint density at radius 1 is 1.03 bits per heavy atom. The Kier molecular flexibility index (Phi) is 5.88. The average Bonchev–Trinajstić information content (AvgIpc) is 2.75. The molecule has 0 saturated heterocycles. The van der Waals surface area contributed by atoms with E-state index < -0.39 is 16.6 Å². The number of halogens is 1. The molecule has 4 rings (SSSR count). The first-order valence-corrected chi connectivity index (χ1v) is 11.2. The molecule has 2 N–H and O–H groups in total. The predicted molar refractivity (Wildman–Crippen MR) is 118 cm³/mol. The normalized spacial score (nSPS) is 15.0. The minimum absolute atomic E-state index is 0.294. The van der Waals surface area contributed by atoms with Crippen molar-refractivity contribution in [2.24, 2.45) is 0 Å². The Bertz CT molecular complexity index is 1120. The largest absolute Gasteiger partial charge is 0.505 e. The van der Waals surface area contributed by atoms with Crippen molar-refractivity contribution >= 4 is 22.2 Å². The van der Waals surface area contributed by atoms with Crippen molar-refractivity contribution in [2.75, 3.05) is 18.0 Å². The van der Waals surface area contributed by atoms with Gasteiger partial charge in [-0.3, -0.25) is 0 Å². The van der Waals surface area contributed by atoms with Gasteiger partial charge in [-0.05, 0) is 62.2 Å². The highest BCUT2D eigenvalue weighted by Gasteiger charge is 2.29. The fourth-order valence-corrected chi connectivity index (χ4v) is 5.30. The van der Waals surface area contributed by atoms with Gasteiger partial charge in [0.15, 0.2) is 11.6 Å². The van der Waals surface area contributed by atoms with Gasteiger partial charge < -0.3 is 15.3 Å². The molecule has 1 heterocycles. The fourth-order valence-electron chi connectivity index (χ4n) is 3.86. The summed E-state index contributed by atoms with van der Waals surface area (Å²) >= 11 is 0. The van der Waals surface area contributed by atoms with E-state index in [2.05, 4.69) is 24.1 Å². The Morgan fingerprint density at radius 2 is 1.83 bits per heavy atom. The van der Waals surface area contributed by atoms with Crippen LogP contribution in [0.1, 0.15) is 23.1 Å². The van der Waals surface area contributed by atoms with Crippen LogP contribution < -0.4 is 10.2 Å². The lowest BCUT2D eigenvalue weighted by molar-refractivity contribution is 0.423. The average molecular weight is 425 g/mol. The van der Waals surface area contributed by atoms with Crippen LogP contribution in [0.15, 0.2) is 64.4 Å². The maximum absolute atomic E-state index is 13.5. The van der Waals surface area contributed by atoms with E-state index in [0.717, 1.165) is 39.7 Å². The molecule has 0 aliphatic carbocycles. The Morgan fingerprint density at radius 3 is 2.67 bits per heavy atom. The van der Waals surface area contributed by atoms with Crippen LogP contribution in [0.4, 0.5) is 15.8 Å². The van der Waals surface area contributed by atoms with Gasteiger partial charge in [0.2, 0.25) is 0 Å². The molecule has 4 nitrogen and oxygen atoms in total. The number of phenols is 1. The number of aromatic hydroxyl groups is 1. The van der Waals surface area contributed by atoms with E-state index in [1.54, 1.807) is 12.1 Å². The minimum Gasteiger partial charge on any atom is -0.505 e. The zero-order chi connectivity index (χ0) is 21.3. The summed E-state index contributed by atoms with van der Waals surface area (Å²) in [7, 11) is -1.19. The van der Waals surface area contributed by atoms with E-state index in [-0.39, 0.29) is 5.75 Å². The summed E-state index contributed by atoms with van der Waals surface area (Å²) in [6.07, 6.45) is 0.837. The molecule has 0 fully saturated rings. The van der Waals surface area contributed by atoms with E-state index in [1.165, 1.54) is 11.6 Å². The number of phenolic OH excluding ortho intramolecular Hbond substituents is 1. The van der Waals surface area contributed by atoms with Crippen LogP contribution in [0.3, 0.4) is 0 Å². The molecule has 0 spiro atoms. The Labute approximate surface area is 178 Å². The number of benzene rings is 3. The zero-order valence-electron chi connectivity index (χ0n) is 17.1. The molecule has 0 bridgehead atoms. The molecular weight excluding hydrogens is 399 g/mol.